The summed E-state index contributed by atoms with van der Waals surface area (Å²) in [7, 11) is 1.53. The second-order valence-electron chi connectivity index (χ2n) is 8.59. The summed E-state index contributed by atoms with van der Waals surface area (Å²) in [5, 5.41) is 6.21. The number of nitrogens with zero attached hydrogens (tertiary/aromatic N) is 2. The highest BCUT2D eigenvalue weighted by Crippen LogP contribution is 2.38. The van der Waals surface area contributed by atoms with Crippen molar-refractivity contribution in [1.29, 1.82) is 0 Å². The molecule has 4 aromatic rings. The lowest BCUT2D eigenvalue weighted by molar-refractivity contribution is 0.0948. The van der Waals surface area contributed by atoms with E-state index in [1.807, 2.05) is 4.07 Å². The van der Waals surface area contributed by atoms with Gasteiger partial charge in [-0.2, -0.15) is 4.07 Å². The molecule has 0 saturated heterocycles. The lowest BCUT2D eigenvalue weighted by atomic mass is 10.1. The van der Waals surface area contributed by atoms with Crippen molar-refractivity contribution in [2.24, 2.45) is 7.05 Å². The quantitative estimate of drug-likeness (QED) is 0.307. The molecule has 0 spiro atoms. The monoisotopic (exact) mass is 515 g/mol. The largest absolute Gasteiger partial charge is 0.454 e. The van der Waals surface area contributed by atoms with Gasteiger partial charge in [-0.25, -0.2) is 8.88 Å². The molecule has 0 unspecified atom stereocenters. The summed E-state index contributed by atoms with van der Waals surface area (Å²) in [5.74, 6) is -0.460. The van der Waals surface area contributed by atoms with Gasteiger partial charge in [0.15, 0.2) is 5.75 Å². The summed E-state index contributed by atoms with van der Waals surface area (Å²) in [6.07, 6.45) is 1.75. The number of aromatic amines is 1. The van der Waals surface area contributed by atoms with Crippen LogP contribution < -0.4 is 20.9 Å². The second kappa shape index (κ2) is 8.94. The molecule has 0 atom stereocenters. The molecule has 1 aliphatic rings. The number of carbonyl (C=O) groups excluding carboxylic acids is 1. The van der Waals surface area contributed by atoms with Crippen LogP contribution in [-0.2, 0) is 7.05 Å². The Labute approximate surface area is 209 Å². The Morgan fingerprint density at radius 3 is 2.60 bits per heavy atom. The summed E-state index contributed by atoms with van der Waals surface area (Å²) in [6, 6.07) is 9.92. The van der Waals surface area contributed by atoms with Crippen LogP contribution in [0.5, 0.6) is 11.5 Å². The molecular formula is C24H23ClFN5O3S. The van der Waals surface area contributed by atoms with Crippen LogP contribution in [0, 0.1) is 19.7 Å². The van der Waals surface area contributed by atoms with E-state index in [-0.39, 0.29) is 40.2 Å². The van der Waals surface area contributed by atoms with E-state index < -0.39 is 17.3 Å². The molecular weight excluding hydrogens is 493 g/mol. The predicted octanol–water partition coefficient (Wildman–Crippen LogP) is 5.40. The molecule has 11 heteroatoms. The summed E-state index contributed by atoms with van der Waals surface area (Å²) < 4.78 is 26.9. The molecule has 182 valence electrons. The molecule has 0 aliphatic heterocycles. The van der Waals surface area contributed by atoms with E-state index in [1.165, 1.54) is 29.4 Å². The number of aryl methyl sites for hydroxylation is 1. The maximum atomic E-state index is 14.7. The highest BCUT2D eigenvalue weighted by molar-refractivity contribution is 7.04. The molecule has 0 radical (unpaired) electrons. The molecule has 5 rings (SSSR count). The number of rotatable bonds is 7. The standard InChI is InChI=1S/C24H23ClFN5O3S/c1-12-4-8-18(17(26)10-12)28-22-20(23(32)27-14-5-6-14)21(13(2)24(33)30(22)3)34-19-9-7-15(11-16(19)25)31-29-35-31/h4,7-11,14,28-29H,5-6H2,1-3H3,(H,27,32). The highest BCUT2D eigenvalue weighted by Gasteiger charge is 2.31. The molecule has 3 N–H and O–H groups in total. The van der Waals surface area contributed by atoms with Crippen molar-refractivity contribution >= 4 is 40.7 Å². The fourth-order valence-corrected chi connectivity index (χ4v) is 4.25. The van der Waals surface area contributed by atoms with Crippen molar-refractivity contribution in [2.45, 2.75) is 32.7 Å². The number of ether oxygens (including phenoxy) is 1. The first kappa shape index (κ1) is 23.3. The third kappa shape index (κ3) is 4.71. The average Bonchev–Trinajstić information content (AvgIpc) is 3.73. The van der Waals surface area contributed by atoms with Crippen LogP contribution >= 0.6 is 23.3 Å². The first-order chi connectivity index (χ1) is 16.7. The molecule has 35 heavy (non-hydrogen) atoms. The van der Waals surface area contributed by atoms with Gasteiger partial charge in [0.1, 0.15) is 22.9 Å². The number of amides is 1. The maximum Gasteiger partial charge on any atom is 0.259 e. The molecule has 2 heterocycles. The summed E-state index contributed by atoms with van der Waals surface area (Å²) >= 11 is 7.88. The van der Waals surface area contributed by atoms with Crippen molar-refractivity contribution in [3.8, 4) is 17.2 Å². The number of H-pyrrole nitrogens is 1. The highest BCUT2D eigenvalue weighted by atomic mass is 35.5. The van der Waals surface area contributed by atoms with Gasteiger partial charge in [0, 0.05) is 13.1 Å². The minimum Gasteiger partial charge on any atom is -0.454 e. The number of hydrogen-bond donors (Lipinski definition) is 3. The van der Waals surface area contributed by atoms with Gasteiger partial charge in [-0.1, -0.05) is 17.7 Å². The normalized spacial score (nSPS) is 13.2. The Bertz CT molecular complexity index is 1490. The first-order valence-electron chi connectivity index (χ1n) is 11.0. The molecule has 8 nitrogen and oxygen atoms in total. The number of nitrogens with one attached hydrogen (secondary N) is 3. The number of aromatic nitrogens is 3. The van der Waals surface area contributed by atoms with Crippen molar-refractivity contribution in [3.05, 3.63) is 74.3 Å². The van der Waals surface area contributed by atoms with Crippen LogP contribution in [0.2, 0.25) is 5.02 Å². The number of benzene rings is 2. The summed E-state index contributed by atoms with van der Waals surface area (Å²) in [5.41, 5.74) is 1.64. The van der Waals surface area contributed by atoms with E-state index in [4.69, 9.17) is 16.3 Å². The Balaban J connectivity index is 1.64. The lowest BCUT2D eigenvalue weighted by Crippen LogP contribution is -2.31. The minimum atomic E-state index is -0.505. The molecule has 2 aromatic heterocycles. The topological polar surface area (TPSA) is 93.1 Å². The van der Waals surface area contributed by atoms with E-state index in [0.29, 0.717) is 5.02 Å². The Hall–Kier alpha value is -3.50. The van der Waals surface area contributed by atoms with Gasteiger partial charge >= 0.3 is 0 Å². The minimum absolute atomic E-state index is 0.0531. The number of carbonyl (C=O) groups is 1. The van der Waals surface area contributed by atoms with Crippen molar-refractivity contribution < 1.29 is 13.9 Å². The second-order valence-corrected chi connectivity index (χ2v) is 9.73. The zero-order valence-electron chi connectivity index (χ0n) is 19.2. The Kier molecular flexibility index (Phi) is 5.94. The van der Waals surface area contributed by atoms with Crippen LogP contribution in [0.4, 0.5) is 15.9 Å². The number of pyridine rings is 1. The van der Waals surface area contributed by atoms with E-state index in [2.05, 4.69) is 15.1 Å². The van der Waals surface area contributed by atoms with E-state index in [9.17, 15) is 14.0 Å². The molecule has 0 bridgehead atoms. The maximum absolute atomic E-state index is 14.7. The fraction of sp³-hybridized carbons (Fsp3) is 0.250. The van der Waals surface area contributed by atoms with Gasteiger partial charge in [-0.3, -0.25) is 14.2 Å². The average molecular weight is 516 g/mol. The predicted molar refractivity (Wildman–Crippen MR) is 134 cm³/mol. The smallest absolute Gasteiger partial charge is 0.259 e. The van der Waals surface area contributed by atoms with E-state index in [1.54, 1.807) is 44.2 Å². The molecule has 1 aliphatic carbocycles. The number of halogens is 2. The third-order valence-electron chi connectivity index (χ3n) is 5.83. The van der Waals surface area contributed by atoms with Crippen molar-refractivity contribution in [3.63, 3.8) is 0 Å². The van der Waals surface area contributed by atoms with Crippen LogP contribution in [0.1, 0.15) is 34.3 Å². The summed E-state index contributed by atoms with van der Waals surface area (Å²) in [4.78, 5) is 26.6. The van der Waals surface area contributed by atoms with Gasteiger partial charge in [0.05, 0.1) is 33.7 Å². The van der Waals surface area contributed by atoms with Crippen LogP contribution in [0.3, 0.4) is 0 Å². The number of anilines is 2. The summed E-state index contributed by atoms with van der Waals surface area (Å²) in [6.45, 7) is 3.36. The number of hydrogen-bond acceptors (Lipinski definition) is 5. The van der Waals surface area contributed by atoms with Crippen molar-refractivity contribution in [1.82, 2.24) is 18.4 Å². The van der Waals surface area contributed by atoms with Gasteiger partial charge in [-0.15, -0.1) is 0 Å². The van der Waals surface area contributed by atoms with Gasteiger partial charge < -0.3 is 15.4 Å². The van der Waals surface area contributed by atoms with Crippen molar-refractivity contribution in [2.75, 3.05) is 5.32 Å². The van der Waals surface area contributed by atoms with E-state index >= 15 is 0 Å². The van der Waals surface area contributed by atoms with Crippen LogP contribution in [0.25, 0.3) is 5.69 Å². The fourth-order valence-electron chi connectivity index (χ4n) is 3.67. The first-order valence-corrected chi connectivity index (χ1v) is 12.2. The Morgan fingerprint density at radius 1 is 1.23 bits per heavy atom. The van der Waals surface area contributed by atoms with E-state index in [0.717, 1.165) is 24.1 Å². The van der Waals surface area contributed by atoms with Crippen LogP contribution in [-0.4, -0.2) is 25.1 Å². The lowest BCUT2D eigenvalue weighted by Gasteiger charge is -2.21. The van der Waals surface area contributed by atoms with Crippen LogP contribution in [0.15, 0.2) is 41.2 Å². The van der Waals surface area contributed by atoms with Gasteiger partial charge in [0.2, 0.25) is 0 Å². The Morgan fingerprint density at radius 2 is 1.97 bits per heavy atom. The SMILES string of the molecule is Cc1ccc(Nc2c(C(=O)NC3CC3)c(Oc3ccc(-n4[nH]s4)cc3Cl)c(C)c(=O)n2C)c(F)c1. The molecule has 1 saturated carbocycles. The molecule has 1 fully saturated rings. The zero-order valence-corrected chi connectivity index (χ0v) is 20.8. The molecule has 2 aromatic carbocycles. The zero-order chi connectivity index (χ0) is 24.9. The van der Waals surface area contributed by atoms with Gasteiger partial charge in [-0.05, 0) is 62.6 Å². The van der Waals surface area contributed by atoms with Gasteiger partial charge in [0.25, 0.3) is 11.5 Å². The molecule has 1 amide bonds. The third-order valence-corrected chi connectivity index (χ3v) is 6.70.